The van der Waals surface area contributed by atoms with Crippen molar-refractivity contribution in [3.05, 3.63) is 58.2 Å². The van der Waals surface area contributed by atoms with Gasteiger partial charge in [-0.25, -0.2) is 0 Å². The molecule has 0 saturated carbocycles. The number of benzene rings is 1. The Balaban J connectivity index is 1.68. The fourth-order valence-corrected chi connectivity index (χ4v) is 4.45. The van der Waals surface area contributed by atoms with Crippen LogP contribution in [-0.2, 0) is 17.6 Å². The van der Waals surface area contributed by atoms with Crippen LogP contribution in [0.4, 0.5) is 5.69 Å². The number of rotatable bonds is 5. The van der Waals surface area contributed by atoms with Crippen LogP contribution in [0.2, 0.25) is 0 Å². The predicted molar refractivity (Wildman–Crippen MR) is 118 cm³/mol. The molecule has 1 N–H and O–H groups in total. The minimum absolute atomic E-state index is 0.0516. The van der Waals surface area contributed by atoms with Gasteiger partial charge in [-0.05, 0) is 43.2 Å². The number of hydrogen-bond donors (Lipinski definition) is 1. The molecule has 1 aromatic carbocycles. The van der Waals surface area contributed by atoms with Crippen molar-refractivity contribution in [2.24, 2.45) is 10.4 Å². The van der Waals surface area contributed by atoms with E-state index >= 15 is 0 Å². The fourth-order valence-electron chi connectivity index (χ4n) is 4.45. The van der Waals surface area contributed by atoms with Gasteiger partial charge in [0.2, 0.25) is 0 Å². The minimum atomic E-state index is -0.135. The molecule has 0 saturated heterocycles. The molecule has 0 spiro atoms. The van der Waals surface area contributed by atoms with Gasteiger partial charge in [0.25, 0.3) is 0 Å². The van der Waals surface area contributed by atoms with Crippen LogP contribution in [0, 0.1) is 12.3 Å². The number of hydrogen-bond acceptors (Lipinski definition) is 6. The molecule has 0 atom stereocenters. The van der Waals surface area contributed by atoms with Crippen LogP contribution in [0.25, 0.3) is 0 Å². The summed E-state index contributed by atoms with van der Waals surface area (Å²) in [7, 11) is 0. The van der Waals surface area contributed by atoms with Crippen molar-refractivity contribution in [1.29, 1.82) is 0 Å². The maximum absolute atomic E-state index is 12.7. The molecular weight excluding hydrogens is 392 g/mol. The van der Waals surface area contributed by atoms with Crippen LogP contribution in [0.3, 0.4) is 0 Å². The topological polar surface area (TPSA) is 92.8 Å². The van der Waals surface area contributed by atoms with Gasteiger partial charge in [0.1, 0.15) is 11.5 Å². The summed E-state index contributed by atoms with van der Waals surface area (Å²) < 4.78 is 5.51. The highest BCUT2D eigenvalue weighted by Gasteiger charge is 2.36. The van der Waals surface area contributed by atoms with Gasteiger partial charge in [0.05, 0.1) is 28.2 Å². The summed E-state index contributed by atoms with van der Waals surface area (Å²) in [5, 5.41) is 14.7. The highest BCUT2D eigenvalue weighted by Crippen LogP contribution is 2.36. The van der Waals surface area contributed by atoms with Crippen LogP contribution in [0.1, 0.15) is 73.3 Å². The van der Waals surface area contributed by atoms with Gasteiger partial charge in [0, 0.05) is 25.7 Å². The number of aliphatic imine (C=N–C) groups is 1. The summed E-state index contributed by atoms with van der Waals surface area (Å²) in [4.78, 5) is 30.2. The van der Waals surface area contributed by atoms with Crippen molar-refractivity contribution < 1.29 is 19.2 Å². The molecule has 1 heterocycles. The molecule has 6 nitrogen and oxygen atoms in total. The first-order valence-corrected chi connectivity index (χ1v) is 10.8. The second-order valence-corrected chi connectivity index (χ2v) is 9.31. The van der Waals surface area contributed by atoms with E-state index in [4.69, 9.17) is 9.52 Å². The molecule has 162 valence electrons. The monoisotopic (exact) mass is 420 g/mol. The number of carbonyl (C=O) groups is 2. The number of nitrogens with zero attached hydrogens (tertiary/aromatic N) is 2. The van der Waals surface area contributed by atoms with E-state index in [1.165, 1.54) is 0 Å². The zero-order chi connectivity index (χ0) is 22.2. The van der Waals surface area contributed by atoms with E-state index in [1.807, 2.05) is 45.0 Å². The summed E-state index contributed by atoms with van der Waals surface area (Å²) in [6.45, 7) is 6.06. The van der Waals surface area contributed by atoms with E-state index in [2.05, 4.69) is 5.16 Å². The van der Waals surface area contributed by atoms with Crippen molar-refractivity contribution in [1.82, 2.24) is 5.16 Å². The lowest BCUT2D eigenvalue weighted by atomic mass is 9.76. The van der Waals surface area contributed by atoms with Gasteiger partial charge in [-0.1, -0.05) is 37.2 Å². The molecule has 0 aliphatic heterocycles. The average molecular weight is 421 g/mol. The quantitative estimate of drug-likeness (QED) is 0.653. The standard InChI is InChI=1S/C25H28N2O4/c1-15-7-4-5-8-16(15)26-17(23-19(28)9-6-10-20(23)29)11-12-18-24-21(30)13-25(2,3)14-22(24)31-27-18/h4-5,7-8,28H,6,9-14H2,1-3H3. The van der Waals surface area contributed by atoms with E-state index in [-0.39, 0.29) is 22.7 Å². The predicted octanol–water partition coefficient (Wildman–Crippen LogP) is 5.41. The van der Waals surface area contributed by atoms with Crippen LogP contribution < -0.4 is 0 Å². The number of carbonyl (C=O) groups excluding carboxylic acids is 2. The molecule has 4 rings (SSSR count). The fraction of sp³-hybridized carbons (Fsp3) is 0.440. The van der Waals surface area contributed by atoms with E-state index < -0.39 is 0 Å². The highest BCUT2D eigenvalue weighted by atomic mass is 16.5. The third-order valence-electron chi connectivity index (χ3n) is 6.03. The molecule has 31 heavy (non-hydrogen) atoms. The summed E-state index contributed by atoms with van der Waals surface area (Å²) in [5.74, 6) is 0.708. The van der Waals surface area contributed by atoms with Gasteiger partial charge in [0.15, 0.2) is 11.6 Å². The van der Waals surface area contributed by atoms with Crippen LogP contribution in [0.5, 0.6) is 0 Å². The molecule has 6 heteroatoms. The first-order chi connectivity index (χ1) is 14.7. The third-order valence-corrected chi connectivity index (χ3v) is 6.03. The maximum Gasteiger partial charge on any atom is 0.168 e. The second kappa shape index (κ2) is 8.25. The summed E-state index contributed by atoms with van der Waals surface area (Å²) in [6, 6.07) is 7.69. The Morgan fingerprint density at radius 1 is 1.16 bits per heavy atom. The average Bonchev–Trinajstić information content (AvgIpc) is 3.09. The molecule has 0 amide bonds. The molecule has 0 unspecified atom stereocenters. The Labute approximate surface area is 182 Å². The van der Waals surface area contributed by atoms with Crippen molar-refractivity contribution in [2.45, 2.75) is 65.7 Å². The number of Topliss-reactive ketones (excluding diaryl/α,β-unsaturated/α-hetero) is 2. The third kappa shape index (κ3) is 4.38. The number of aliphatic hydroxyl groups excluding tert-OH is 1. The SMILES string of the molecule is Cc1ccccc1N=C(CCc1noc2c1C(=O)CC(C)(C)C2)C1=C(O)CCCC1=O. The summed E-state index contributed by atoms with van der Waals surface area (Å²) in [5.41, 5.74) is 3.66. The Bertz CT molecular complexity index is 1100. The number of aliphatic hydroxyl groups is 1. The Morgan fingerprint density at radius 3 is 2.68 bits per heavy atom. The van der Waals surface area contributed by atoms with E-state index in [0.29, 0.717) is 73.2 Å². The number of allylic oxidation sites excluding steroid dienone is 2. The van der Waals surface area contributed by atoms with Crippen molar-refractivity contribution >= 4 is 23.0 Å². The number of aromatic nitrogens is 1. The molecule has 0 fully saturated rings. The van der Waals surface area contributed by atoms with Crippen LogP contribution in [-0.4, -0.2) is 27.5 Å². The van der Waals surface area contributed by atoms with E-state index in [1.54, 1.807) is 0 Å². The van der Waals surface area contributed by atoms with E-state index in [9.17, 15) is 14.7 Å². The number of aryl methyl sites for hydroxylation is 2. The zero-order valence-corrected chi connectivity index (χ0v) is 18.3. The molecular formula is C25H28N2O4. The molecule has 1 aromatic heterocycles. The number of ketones is 2. The molecule has 2 aliphatic rings. The van der Waals surface area contributed by atoms with Crippen LogP contribution >= 0.6 is 0 Å². The maximum atomic E-state index is 12.7. The Hall–Kier alpha value is -3.02. The largest absolute Gasteiger partial charge is 0.511 e. The first-order valence-electron chi connectivity index (χ1n) is 10.8. The van der Waals surface area contributed by atoms with Gasteiger partial charge >= 0.3 is 0 Å². The lowest BCUT2D eigenvalue weighted by Gasteiger charge is -2.26. The molecule has 2 aromatic rings. The molecule has 0 bridgehead atoms. The zero-order valence-electron chi connectivity index (χ0n) is 18.3. The molecule has 0 radical (unpaired) electrons. The highest BCUT2D eigenvalue weighted by molar-refractivity contribution is 6.23. The lowest BCUT2D eigenvalue weighted by molar-refractivity contribution is -0.115. The Kier molecular flexibility index (Phi) is 5.65. The molecule has 2 aliphatic carbocycles. The Morgan fingerprint density at radius 2 is 1.94 bits per heavy atom. The van der Waals surface area contributed by atoms with Gasteiger partial charge in [-0.3, -0.25) is 14.6 Å². The minimum Gasteiger partial charge on any atom is -0.511 e. The number of para-hydroxylation sites is 1. The van der Waals surface area contributed by atoms with Crippen molar-refractivity contribution in [2.75, 3.05) is 0 Å². The normalized spacial score (nSPS) is 19.0. The van der Waals surface area contributed by atoms with Gasteiger partial charge < -0.3 is 9.63 Å². The van der Waals surface area contributed by atoms with Crippen LogP contribution in [0.15, 0.2) is 45.1 Å². The lowest BCUT2D eigenvalue weighted by Crippen LogP contribution is -2.26. The van der Waals surface area contributed by atoms with Crippen molar-refractivity contribution in [3.8, 4) is 0 Å². The smallest absolute Gasteiger partial charge is 0.168 e. The number of fused-ring (bicyclic) bond motifs is 1. The van der Waals surface area contributed by atoms with Crippen molar-refractivity contribution in [3.63, 3.8) is 0 Å². The van der Waals surface area contributed by atoms with E-state index in [0.717, 1.165) is 11.3 Å². The van der Waals surface area contributed by atoms with Gasteiger partial charge in [-0.15, -0.1) is 0 Å². The first kappa shape index (κ1) is 21.2. The summed E-state index contributed by atoms with van der Waals surface area (Å²) in [6.07, 6.45) is 3.46. The van der Waals surface area contributed by atoms with Gasteiger partial charge in [-0.2, -0.15) is 0 Å². The second-order valence-electron chi connectivity index (χ2n) is 9.31. The summed E-state index contributed by atoms with van der Waals surface area (Å²) >= 11 is 0.